The molecule has 0 radical (unpaired) electrons. The van der Waals surface area contributed by atoms with Gasteiger partial charge in [-0.25, -0.2) is 9.67 Å². The molecule has 1 amide bonds. The summed E-state index contributed by atoms with van der Waals surface area (Å²) < 4.78 is 55.1. The van der Waals surface area contributed by atoms with E-state index in [0.717, 1.165) is 31.7 Å². The first-order valence-electron chi connectivity index (χ1n) is 14.2. The quantitative estimate of drug-likeness (QED) is 0.195. The minimum Gasteiger partial charge on any atom is -0.497 e. The molecule has 1 aliphatic rings. The maximum absolute atomic E-state index is 14.3. The zero-order chi connectivity index (χ0) is 32.5. The number of ether oxygens (including phenoxy) is 2. The van der Waals surface area contributed by atoms with Crippen LogP contribution in [0.5, 0.6) is 11.5 Å². The van der Waals surface area contributed by atoms with E-state index in [1.54, 1.807) is 30.3 Å². The fourth-order valence-electron chi connectivity index (χ4n) is 4.89. The molecule has 5 rings (SSSR count). The molecule has 0 atom stereocenters. The molecule has 2 aromatic heterocycles. The van der Waals surface area contributed by atoms with Gasteiger partial charge in [-0.2, -0.15) is 23.3 Å². The van der Waals surface area contributed by atoms with Crippen molar-refractivity contribution in [2.45, 2.75) is 24.9 Å². The van der Waals surface area contributed by atoms with E-state index in [-0.39, 0.29) is 11.9 Å². The van der Waals surface area contributed by atoms with Gasteiger partial charge in [0, 0.05) is 43.7 Å². The Kier molecular flexibility index (Phi) is 8.87. The van der Waals surface area contributed by atoms with Gasteiger partial charge in [0.25, 0.3) is 0 Å². The third kappa shape index (κ3) is 6.80. The Morgan fingerprint density at radius 2 is 1.87 bits per heavy atom. The molecule has 14 heteroatoms. The zero-order valence-electron chi connectivity index (χ0n) is 25.7. The van der Waals surface area contributed by atoms with Crippen molar-refractivity contribution in [3.63, 3.8) is 0 Å². The van der Waals surface area contributed by atoms with Crippen LogP contribution in [0.1, 0.15) is 30.0 Å². The Bertz CT molecular complexity index is 1730. The molecule has 0 spiro atoms. The first-order valence-corrected chi connectivity index (χ1v) is 14.2. The molecular formula is C31H35F3N8O3. The molecule has 11 nitrogen and oxygen atoms in total. The minimum absolute atomic E-state index is 0.129. The average molecular weight is 625 g/mol. The largest absolute Gasteiger partial charge is 0.497 e. The second-order valence-corrected chi connectivity index (χ2v) is 11.0. The molecule has 0 unspecified atom stereocenters. The van der Waals surface area contributed by atoms with Gasteiger partial charge in [-0.15, -0.1) is 0 Å². The van der Waals surface area contributed by atoms with Crippen LogP contribution < -0.4 is 25.0 Å². The third-order valence-electron chi connectivity index (χ3n) is 7.46. The number of fused-ring (bicyclic) bond motifs is 1. The van der Waals surface area contributed by atoms with Crippen LogP contribution >= 0.6 is 0 Å². The second kappa shape index (κ2) is 12.6. The van der Waals surface area contributed by atoms with Crippen LogP contribution in [0, 0.1) is 0 Å². The predicted molar refractivity (Wildman–Crippen MR) is 167 cm³/mol. The van der Waals surface area contributed by atoms with Crippen molar-refractivity contribution in [1.82, 2.24) is 24.6 Å². The van der Waals surface area contributed by atoms with Crippen LogP contribution in [0.25, 0.3) is 16.7 Å². The first-order chi connectivity index (χ1) is 21.4. The predicted octanol–water partition coefficient (Wildman–Crippen LogP) is 5.59. The smallest absolute Gasteiger partial charge is 0.421 e. The van der Waals surface area contributed by atoms with Gasteiger partial charge in [0.15, 0.2) is 5.82 Å². The number of amides is 1. The summed E-state index contributed by atoms with van der Waals surface area (Å²) in [4.78, 5) is 24.6. The number of hydrogen-bond donors (Lipinski definition) is 2. The average Bonchev–Trinajstić information content (AvgIpc) is 3.79. The van der Waals surface area contributed by atoms with E-state index < -0.39 is 23.5 Å². The molecule has 0 saturated heterocycles. The molecule has 2 aromatic carbocycles. The fourth-order valence-corrected chi connectivity index (χ4v) is 4.89. The molecule has 1 saturated carbocycles. The summed E-state index contributed by atoms with van der Waals surface area (Å²) >= 11 is 0. The van der Waals surface area contributed by atoms with Crippen molar-refractivity contribution in [3.05, 3.63) is 60.4 Å². The van der Waals surface area contributed by atoms with Crippen molar-refractivity contribution in [2.24, 2.45) is 0 Å². The highest BCUT2D eigenvalue weighted by Crippen LogP contribution is 2.44. The number of rotatable bonds is 12. The van der Waals surface area contributed by atoms with Gasteiger partial charge in [0.2, 0.25) is 11.9 Å². The normalized spacial score (nSPS) is 13.2. The number of anilines is 4. The highest BCUT2D eigenvalue weighted by molar-refractivity contribution is 6.02. The standard InChI is InChI=1S/C31H35F3N8O3/c1-7-27(43)36-22-15-23(26(45-6)16-25(22)41(4)13-12-40(2)3)37-30-35-17-21(31(32,33)34)29(38-30)42-24-11-10-19(44-5)14-20(24)28(39-42)18-8-9-18/h7,10-11,14-18H,1,8-9,12-13H2,2-6H3,(H,36,43)(H,35,37,38). The topological polar surface area (TPSA) is 110 Å². The lowest BCUT2D eigenvalue weighted by Crippen LogP contribution is -2.29. The van der Waals surface area contributed by atoms with Gasteiger partial charge in [0.1, 0.15) is 17.1 Å². The van der Waals surface area contributed by atoms with E-state index in [0.29, 0.717) is 51.7 Å². The summed E-state index contributed by atoms with van der Waals surface area (Å²) in [7, 11) is 8.78. The summed E-state index contributed by atoms with van der Waals surface area (Å²) in [6, 6.07) is 8.46. The number of benzene rings is 2. The summed E-state index contributed by atoms with van der Waals surface area (Å²) in [5.74, 6) is 0.0910. The van der Waals surface area contributed by atoms with E-state index in [4.69, 9.17) is 9.47 Å². The van der Waals surface area contributed by atoms with Crippen molar-refractivity contribution in [1.29, 1.82) is 0 Å². The number of alkyl halides is 3. The molecule has 0 bridgehead atoms. The monoisotopic (exact) mass is 624 g/mol. The number of nitrogens with zero attached hydrogens (tertiary/aromatic N) is 6. The van der Waals surface area contributed by atoms with Gasteiger partial charge >= 0.3 is 6.18 Å². The van der Waals surface area contributed by atoms with Crippen LogP contribution in [0.2, 0.25) is 0 Å². The molecular weight excluding hydrogens is 589 g/mol. The number of carbonyl (C=O) groups is 1. The Hall–Kier alpha value is -4.85. The summed E-state index contributed by atoms with van der Waals surface area (Å²) in [6.07, 6.45) is -1.08. The van der Waals surface area contributed by atoms with E-state index in [1.165, 1.54) is 18.9 Å². The van der Waals surface area contributed by atoms with Gasteiger partial charge < -0.3 is 29.9 Å². The maximum atomic E-state index is 14.3. The van der Waals surface area contributed by atoms with E-state index in [9.17, 15) is 18.0 Å². The molecule has 1 aliphatic carbocycles. The van der Waals surface area contributed by atoms with Crippen molar-refractivity contribution in [3.8, 4) is 17.3 Å². The molecule has 0 aliphatic heterocycles. The lowest BCUT2D eigenvalue weighted by atomic mass is 10.1. The zero-order valence-corrected chi connectivity index (χ0v) is 25.7. The SMILES string of the molecule is C=CC(=O)Nc1cc(Nc2ncc(C(F)(F)F)c(-n3nc(C4CC4)c4cc(OC)ccc43)n2)c(OC)cc1N(C)CCN(C)C. The number of carbonyl (C=O) groups excluding carboxylic acids is 1. The van der Waals surface area contributed by atoms with Crippen LogP contribution in [0.15, 0.2) is 49.2 Å². The number of aromatic nitrogens is 4. The van der Waals surface area contributed by atoms with E-state index >= 15 is 0 Å². The van der Waals surface area contributed by atoms with Crippen LogP contribution in [-0.2, 0) is 11.0 Å². The Balaban J connectivity index is 1.61. The highest BCUT2D eigenvalue weighted by Gasteiger charge is 2.38. The number of likely N-dealkylation sites (N-methyl/N-ethyl adjacent to an activating group) is 2. The Labute approximate surface area is 258 Å². The van der Waals surface area contributed by atoms with E-state index in [1.807, 2.05) is 30.9 Å². The second-order valence-electron chi connectivity index (χ2n) is 11.0. The van der Waals surface area contributed by atoms with Crippen LogP contribution in [0.4, 0.5) is 36.2 Å². The molecule has 238 valence electrons. The van der Waals surface area contributed by atoms with Gasteiger partial charge in [-0.1, -0.05) is 6.58 Å². The minimum atomic E-state index is -4.75. The number of nitrogens with one attached hydrogen (secondary N) is 2. The van der Waals surface area contributed by atoms with Gasteiger partial charge in [-0.3, -0.25) is 4.79 Å². The van der Waals surface area contributed by atoms with E-state index in [2.05, 4.69) is 32.3 Å². The van der Waals surface area contributed by atoms with Crippen LogP contribution in [-0.4, -0.2) is 79.0 Å². The maximum Gasteiger partial charge on any atom is 0.421 e. The number of methoxy groups -OCH3 is 2. The lowest BCUT2D eigenvalue weighted by molar-refractivity contribution is -0.138. The van der Waals surface area contributed by atoms with Crippen LogP contribution in [0.3, 0.4) is 0 Å². The van der Waals surface area contributed by atoms with Gasteiger partial charge in [-0.05, 0) is 57.3 Å². The Morgan fingerprint density at radius 3 is 2.49 bits per heavy atom. The first kappa shape index (κ1) is 31.6. The summed E-state index contributed by atoms with van der Waals surface area (Å²) in [5.41, 5.74) is 1.53. The molecule has 2 N–H and O–H groups in total. The fraction of sp³-hybridized carbons (Fsp3) is 0.355. The number of hydrogen-bond acceptors (Lipinski definition) is 9. The Morgan fingerprint density at radius 1 is 1.11 bits per heavy atom. The molecule has 2 heterocycles. The van der Waals surface area contributed by atoms with Gasteiger partial charge in [0.05, 0.1) is 42.5 Å². The lowest BCUT2D eigenvalue weighted by Gasteiger charge is -2.26. The molecule has 45 heavy (non-hydrogen) atoms. The van der Waals surface area contributed by atoms with Crippen molar-refractivity contribution in [2.75, 3.05) is 64.0 Å². The molecule has 4 aromatic rings. The third-order valence-corrected chi connectivity index (χ3v) is 7.46. The molecule has 1 fully saturated rings. The number of halogens is 3. The summed E-state index contributed by atoms with van der Waals surface area (Å²) in [5, 5.41) is 11.1. The highest BCUT2D eigenvalue weighted by atomic mass is 19.4. The van der Waals surface area contributed by atoms with Crippen molar-refractivity contribution < 1.29 is 27.4 Å². The van der Waals surface area contributed by atoms with Crippen molar-refractivity contribution >= 4 is 39.8 Å². The summed E-state index contributed by atoms with van der Waals surface area (Å²) in [6.45, 7) is 4.91.